The second-order valence-electron chi connectivity index (χ2n) is 6.66. The predicted octanol–water partition coefficient (Wildman–Crippen LogP) is 3.86. The standard InChI is InChI=1S/C19H19ClF2N2O4S/c20-15-10-14(29(26,27)24-13-3-1-2-4-13)6-8-18(15)28-11-19(25)23-17-9-12(21)5-7-16(17)22/h5-10,13,24H,1-4,11H2,(H,23,25). The van der Waals surface area contributed by atoms with Gasteiger partial charge in [0, 0.05) is 12.1 Å². The van der Waals surface area contributed by atoms with E-state index in [-0.39, 0.29) is 27.4 Å². The van der Waals surface area contributed by atoms with Gasteiger partial charge in [-0.3, -0.25) is 4.79 Å². The zero-order chi connectivity index (χ0) is 21.0. The molecule has 0 spiro atoms. The topological polar surface area (TPSA) is 84.5 Å². The van der Waals surface area contributed by atoms with E-state index in [1.807, 2.05) is 0 Å². The van der Waals surface area contributed by atoms with Gasteiger partial charge in [0.25, 0.3) is 5.91 Å². The molecule has 29 heavy (non-hydrogen) atoms. The minimum Gasteiger partial charge on any atom is -0.482 e. The Morgan fingerprint density at radius 3 is 2.55 bits per heavy atom. The summed E-state index contributed by atoms with van der Waals surface area (Å²) in [6, 6.07) is 6.47. The van der Waals surface area contributed by atoms with E-state index < -0.39 is 34.2 Å². The molecule has 0 aliphatic heterocycles. The largest absolute Gasteiger partial charge is 0.482 e. The Kier molecular flexibility index (Phi) is 6.71. The maximum absolute atomic E-state index is 13.6. The maximum Gasteiger partial charge on any atom is 0.262 e. The van der Waals surface area contributed by atoms with Gasteiger partial charge in [-0.15, -0.1) is 0 Å². The molecule has 1 aliphatic rings. The fraction of sp³-hybridized carbons (Fsp3) is 0.316. The van der Waals surface area contributed by atoms with E-state index in [9.17, 15) is 22.0 Å². The van der Waals surface area contributed by atoms with Crippen molar-refractivity contribution in [2.24, 2.45) is 0 Å². The smallest absolute Gasteiger partial charge is 0.262 e. The third-order valence-corrected chi connectivity index (χ3v) is 6.27. The molecule has 1 aliphatic carbocycles. The molecule has 1 amide bonds. The van der Waals surface area contributed by atoms with Gasteiger partial charge in [-0.25, -0.2) is 21.9 Å². The molecule has 0 heterocycles. The molecule has 156 valence electrons. The number of hydrogen-bond donors (Lipinski definition) is 2. The SMILES string of the molecule is O=C(COc1ccc(S(=O)(=O)NC2CCCC2)cc1Cl)Nc1cc(F)ccc1F. The molecule has 2 aromatic rings. The molecule has 6 nitrogen and oxygen atoms in total. The van der Waals surface area contributed by atoms with E-state index in [0.717, 1.165) is 43.9 Å². The average molecular weight is 445 g/mol. The Balaban J connectivity index is 1.61. The van der Waals surface area contributed by atoms with Gasteiger partial charge in [-0.05, 0) is 43.2 Å². The van der Waals surface area contributed by atoms with Gasteiger partial charge in [-0.1, -0.05) is 24.4 Å². The summed E-state index contributed by atoms with van der Waals surface area (Å²) >= 11 is 6.08. The van der Waals surface area contributed by atoms with Crippen LogP contribution in [0.5, 0.6) is 5.75 Å². The number of benzene rings is 2. The third-order valence-electron chi connectivity index (χ3n) is 4.45. The first-order valence-electron chi connectivity index (χ1n) is 8.94. The Bertz CT molecular complexity index is 1010. The van der Waals surface area contributed by atoms with Crippen molar-refractivity contribution in [3.63, 3.8) is 0 Å². The summed E-state index contributed by atoms with van der Waals surface area (Å²) < 4.78 is 59.5. The highest BCUT2D eigenvalue weighted by Crippen LogP contribution is 2.28. The lowest BCUT2D eigenvalue weighted by Crippen LogP contribution is -2.32. The molecule has 10 heteroatoms. The monoisotopic (exact) mass is 444 g/mol. The summed E-state index contributed by atoms with van der Waals surface area (Å²) in [5.41, 5.74) is -0.316. The van der Waals surface area contributed by atoms with Crippen molar-refractivity contribution in [2.75, 3.05) is 11.9 Å². The van der Waals surface area contributed by atoms with Gasteiger partial charge >= 0.3 is 0 Å². The summed E-state index contributed by atoms with van der Waals surface area (Å²) in [6.45, 7) is -0.526. The van der Waals surface area contributed by atoms with Crippen LogP contribution in [0.2, 0.25) is 5.02 Å². The van der Waals surface area contributed by atoms with Crippen LogP contribution in [0.25, 0.3) is 0 Å². The summed E-state index contributed by atoms with van der Waals surface area (Å²) in [4.78, 5) is 11.9. The Morgan fingerprint density at radius 2 is 1.86 bits per heavy atom. The van der Waals surface area contributed by atoms with Crippen molar-refractivity contribution in [3.8, 4) is 5.75 Å². The lowest BCUT2D eigenvalue weighted by Gasteiger charge is -2.14. The number of nitrogens with one attached hydrogen (secondary N) is 2. The lowest BCUT2D eigenvalue weighted by atomic mass is 10.3. The van der Waals surface area contributed by atoms with Crippen molar-refractivity contribution < 1.29 is 26.7 Å². The zero-order valence-electron chi connectivity index (χ0n) is 15.3. The second-order valence-corrected chi connectivity index (χ2v) is 8.78. The first-order chi connectivity index (χ1) is 13.7. The van der Waals surface area contributed by atoms with Crippen molar-refractivity contribution in [2.45, 2.75) is 36.6 Å². The number of sulfonamides is 1. The van der Waals surface area contributed by atoms with Crippen molar-refractivity contribution in [1.29, 1.82) is 0 Å². The number of hydrogen-bond acceptors (Lipinski definition) is 4. The highest BCUT2D eigenvalue weighted by molar-refractivity contribution is 7.89. The molecule has 0 saturated heterocycles. The number of amides is 1. The third kappa shape index (κ3) is 5.65. The van der Waals surface area contributed by atoms with Gasteiger partial charge < -0.3 is 10.1 Å². The fourth-order valence-electron chi connectivity index (χ4n) is 3.02. The molecular weight excluding hydrogens is 426 g/mol. The van der Waals surface area contributed by atoms with Crippen LogP contribution in [0.15, 0.2) is 41.3 Å². The molecule has 0 radical (unpaired) electrons. The number of carbonyl (C=O) groups excluding carboxylic acids is 1. The van der Waals surface area contributed by atoms with Crippen LogP contribution in [0.1, 0.15) is 25.7 Å². The molecule has 0 unspecified atom stereocenters. The number of anilines is 1. The number of carbonyl (C=O) groups is 1. The highest BCUT2D eigenvalue weighted by Gasteiger charge is 2.23. The number of ether oxygens (including phenoxy) is 1. The summed E-state index contributed by atoms with van der Waals surface area (Å²) in [5, 5.41) is 2.19. The number of rotatable bonds is 7. The van der Waals surface area contributed by atoms with E-state index >= 15 is 0 Å². The Hall–Kier alpha value is -2.23. The average Bonchev–Trinajstić information content (AvgIpc) is 3.16. The molecular formula is C19H19ClF2N2O4S. The van der Waals surface area contributed by atoms with Gasteiger partial charge in [0.1, 0.15) is 17.4 Å². The van der Waals surface area contributed by atoms with E-state index in [1.165, 1.54) is 18.2 Å². The van der Waals surface area contributed by atoms with Crippen LogP contribution in [-0.2, 0) is 14.8 Å². The van der Waals surface area contributed by atoms with Crippen LogP contribution in [0.4, 0.5) is 14.5 Å². The van der Waals surface area contributed by atoms with Crippen LogP contribution in [0, 0.1) is 11.6 Å². The van der Waals surface area contributed by atoms with Crippen LogP contribution in [0.3, 0.4) is 0 Å². The maximum atomic E-state index is 13.6. The summed E-state index contributed by atoms with van der Waals surface area (Å²) in [6.07, 6.45) is 3.58. The normalized spacial score (nSPS) is 14.7. The first kappa shape index (κ1) is 21.5. The zero-order valence-corrected chi connectivity index (χ0v) is 16.8. The van der Waals surface area contributed by atoms with E-state index in [4.69, 9.17) is 16.3 Å². The predicted molar refractivity (Wildman–Crippen MR) is 105 cm³/mol. The summed E-state index contributed by atoms with van der Waals surface area (Å²) in [5.74, 6) is -2.14. The van der Waals surface area contributed by atoms with Gasteiger partial charge in [0.05, 0.1) is 15.6 Å². The highest BCUT2D eigenvalue weighted by atomic mass is 35.5. The molecule has 3 rings (SSSR count). The van der Waals surface area contributed by atoms with E-state index in [0.29, 0.717) is 0 Å². The molecule has 1 fully saturated rings. The van der Waals surface area contributed by atoms with Crippen LogP contribution >= 0.6 is 11.6 Å². The lowest BCUT2D eigenvalue weighted by molar-refractivity contribution is -0.118. The second kappa shape index (κ2) is 9.06. The van der Waals surface area contributed by atoms with E-state index in [2.05, 4.69) is 10.0 Å². The molecule has 0 aromatic heterocycles. The van der Waals surface area contributed by atoms with Crippen molar-refractivity contribution in [3.05, 3.63) is 53.1 Å². The molecule has 0 atom stereocenters. The minimum atomic E-state index is -3.71. The molecule has 2 N–H and O–H groups in total. The summed E-state index contributed by atoms with van der Waals surface area (Å²) in [7, 11) is -3.71. The molecule has 1 saturated carbocycles. The van der Waals surface area contributed by atoms with Gasteiger partial charge in [0.2, 0.25) is 10.0 Å². The van der Waals surface area contributed by atoms with Gasteiger partial charge in [0.15, 0.2) is 6.61 Å². The Labute approximate surface area is 172 Å². The Morgan fingerprint density at radius 1 is 1.14 bits per heavy atom. The molecule has 0 bridgehead atoms. The quantitative estimate of drug-likeness (QED) is 0.679. The fourth-order valence-corrected chi connectivity index (χ4v) is 4.65. The van der Waals surface area contributed by atoms with Crippen molar-refractivity contribution in [1.82, 2.24) is 4.72 Å². The van der Waals surface area contributed by atoms with Crippen molar-refractivity contribution >= 4 is 33.2 Å². The van der Waals surface area contributed by atoms with Gasteiger partial charge in [-0.2, -0.15) is 0 Å². The number of halogens is 3. The first-order valence-corrected chi connectivity index (χ1v) is 10.8. The van der Waals surface area contributed by atoms with Crippen LogP contribution in [-0.4, -0.2) is 27.0 Å². The minimum absolute atomic E-state index is 0.00373. The van der Waals surface area contributed by atoms with E-state index in [1.54, 1.807) is 0 Å². The molecule has 2 aromatic carbocycles. The van der Waals surface area contributed by atoms with Crippen LogP contribution < -0.4 is 14.8 Å².